The Morgan fingerprint density at radius 3 is 2.47 bits per heavy atom. The first-order valence-corrected chi connectivity index (χ1v) is 6.75. The van der Waals surface area contributed by atoms with E-state index in [0.717, 1.165) is 0 Å². The van der Waals surface area contributed by atoms with Gasteiger partial charge < -0.3 is 10.2 Å². The highest BCUT2D eigenvalue weighted by Crippen LogP contribution is 2.21. The molecular formula is C11H17NO4S. The molecule has 1 aromatic carbocycles. The van der Waals surface area contributed by atoms with Crippen LogP contribution in [0, 0.1) is 0 Å². The molecular weight excluding hydrogens is 242 g/mol. The van der Waals surface area contributed by atoms with Crippen molar-refractivity contribution in [2.75, 3.05) is 13.2 Å². The summed E-state index contributed by atoms with van der Waals surface area (Å²) in [6.45, 7) is 3.26. The van der Waals surface area contributed by atoms with E-state index in [-0.39, 0.29) is 29.8 Å². The van der Waals surface area contributed by atoms with Crippen LogP contribution in [0.3, 0.4) is 0 Å². The van der Waals surface area contributed by atoms with Gasteiger partial charge in [0, 0.05) is 12.6 Å². The van der Waals surface area contributed by atoms with Crippen LogP contribution in [0.4, 0.5) is 0 Å². The molecule has 5 nitrogen and oxygen atoms in total. The van der Waals surface area contributed by atoms with Gasteiger partial charge in [0.05, 0.1) is 11.5 Å². The first kappa shape index (κ1) is 14.0. The summed E-state index contributed by atoms with van der Waals surface area (Å²) in [6, 6.07) is 5.24. The lowest BCUT2D eigenvalue weighted by Gasteiger charge is -2.25. The van der Waals surface area contributed by atoms with Gasteiger partial charge in [-0.2, -0.15) is 4.31 Å². The van der Waals surface area contributed by atoms with Gasteiger partial charge in [0.1, 0.15) is 5.75 Å². The molecule has 96 valence electrons. The van der Waals surface area contributed by atoms with Crippen LogP contribution in [-0.4, -0.2) is 42.1 Å². The van der Waals surface area contributed by atoms with E-state index in [1.807, 2.05) is 0 Å². The summed E-state index contributed by atoms with van der Waals surface area (Å²) >= 11 is 0. The number of sulfonamides is 1. The highest BCUT2D eigenvalue weighted by Gasteiger charge is 2.26. The Labute approximate surface area is 101 Å². The molecule has 0 fully saturated rings. The summed E-state index contributed by atoms with van der Waals surface area (Å²) in [5.41, 5.74) is 0. The molecule has 0 aliphatic carbocycles. The number of aromatic hydroxyl groups is 1. The van der Waals surface area contributed by atoms with Crippen LogP contribution >= 0.6 is 0 Å². The minimum Gasteiger partial charge on any atom is -0.508 e. The monoisotopic (exact) mass is 259 g/mol. The number of hydrogen-bond acceptors (Lipinski definition) is 4. The Balaban J connectivity index is 3.16. The van der Waals surface area contributed by atoms with E-state index in [0.29, 0.717) is 0 Å². The molecule has 0 saturated carbocycles. The van der Waals surface area contributed by atoms with Gasteiger partial charge in [-0.3, -0.25) is 0 Å². The van der Waals surface area contributed by atoms with Gasteiger partial charge in [-0.25, -0.2) is 8.42 Å². The standard InChI is InChI=1S/C11H17NO4S/c1-9(2)12(6-7-13)17(15,16)11-5-3-4-10(14)8-11/h3-5,8-9,13-14H,6-7H2,1-2H3. The fraction of sp³-hybridized carbons (Fsp3) is 0.455. The van der Waals surface area contributed by atoms with Crippen molar-refractivity contribution >= 4 is 10.0 Å². The molecule has 0 atom stereocenters. The second kappa shape index (κ2) is 5.48. The number of hydrogen-bond donors (Lipinski definition) is 2. The first-order valence-electron chi connectivity index (χ1n) is 5.31. The van der Waals surface area contributed by atoms with Crippen molar-refractivity contribution in [1.29, 1.82) is 0 Å². The van der Waals surface area contributed by atoms with Gasteiger partial charge in [0.15, 0.2) is 0 Å². The zero-order valence-electron chi connectivity index (χ0n) is 9.87. The molecule has 2 N–H and O–H groups in total. The third-order valence-electron chi connectivity index (χ3n) is 2.32. The molecule has 0 aliphatic heterocycles. The minimum atomic E-state index is -3.67. The Kier molecular flexibility index (Phi) is 4.50. The number of rotatable bonds is 5. The number of nitrogens with zero attached hydrogens (tertiary/aromatic N) is 1. The van der Waals surface area contributed by atoms with E-state index in [1.165, 1.54) is 28.6 Å². The van der Waals surface area contributed by atoms with E-state index in [9.17, 15) is 13.5 Å². The van der Waals surface area contributed by atoms with Crippen molar-refractivity contribution < 1.29 is 18.6 Å². The molecule has 0 unspecified atom stereocenters. The Morgan fingerprint density at radius 1 is 1.35 bits per heavy atom. The van der Waals surface area contributed by atoms with Crippen molar-refractivity contribution in [1.82, 2.24) is 4.31 Å². The van der Waals surface area contributed by atoms with Gasteiger partial charge in [-0.05, 0) is 32.0 Å². The lowest BCUT2D eigenvalue weighted by molar-refractivity contribution is 0.236. The summed E-state index contributed by atoms with van der Waals surface area (Å²) < 4.78 is 25.6. The van der Waals surface area contributed by atoms with Crippen LogP contribution in [0.5, 0.6) is 5.75 Å². The van der Waals surface area contributed by atoms with Gasteiger partial charge in [-0.1, -0.05) is 6.07 Å². The van der Waals surface area contributed by atoms with E-state index < -0.39 is 10.0 Å². The van der Waals surface area contributed by atoms with Gasteiger partial charge in [0.2, 0.25) is 10.0 Å². The van der Waals surface area contributed by atoms with Gasteiger partial charge in [0.25, 0.3) is 0 Å². The molecule has 0 heterocycles. The predicted molar refractivity (Wildman–Crippen MR) is 64.2 cm³/mol. The number of aliphatic hydroxyl groups excluding tert-OH is 1. The summed E-state index contributed by atoms with van der Waals surface area (Å²) in [5, 5.41) is 18.2. The fourth-order valence-corrected chi connectivity index (χ4v) is 3.20. The summed E-state index contributed by atoms with van der Waals surface area (Å²) in [7, 11) is -3.67. The molecule has 6 heteroatoms. The van der Waals surface area contributed by atoms with E-state index in [4.69, 9.17) is 5.11 Å². The largest absolute Gasteiger partial charge is 0.508 e. The van der Waals surface area contributed by atoms with Crippen molar-refractivity contribution in [3.05, 3.63) is 24.3 Å². The maximum atomic E-state index is 12.2. The molecule has 0 radical (unpaired) electrons. The molecule has 1 aromatic rings. The van der Waals surface area contributed by atoms with Crippen molar-refractivity contribution in [3.63, 3.8) is 0 Å². The maximum Gasteiger partial charge on any atom is 0.243 e. The number of benzene rings is 1. The second-order valence-electron chi connectivity index (χ2n) is 3.93. The van der Waals surface area contributed by atoms with Gasteiger partial charge in [-0.15, -0.1) is 0 Å². The average Bonchev–Trinajstić information content (AvgIpc) is 2.25. The highest BCUT2D eigenvalue weighted by molar-refractivity contribution is 7.89. The third kappa shape index (κ3) is 3.18. The minimum absolute atomic E-state index is 0.0275. The van der Waals surface area contributed by atoms with E-state index >= 15 is 0 Å². The lowest BCUT2D eigenvalue weighted by atomic mass is 10.3. The van der Waals surface area contributed by atoms with E-state index in [2.05, 4.69) is 0 Å². The van der Waals surface area contributed by atoms with E-state index in [1.54, 1.807) is 13.8 Å². The number of aliphatic hydroxyl groups is 1. The van der Waals surface area contributed by atoms with Crippen LogP contribution in [0.2, 0.25) is 0 Å². The van der Waals surface area contributed by atoms with Crippen molar-refractivity contribution in [2.24, 2.45) is 0 Å². The molecule has 0 spiro atoms. The predicted octanol–water partition coefficient (Wildman–Crippen LogP) is 0.784. The van der Waals surface area contributed by atoms with Crippen LogP contribution in [0.1, 0.15) is 13.8 Å². The molecule has 0 aliphatic rings. The Morgan fingerprint density at radius 2 is 2.00 bits per heavy atom. The zero-order chi connectivity index (χ0) is 13.1. The lowest BCUT2D eigenvalue weighted by Crippen LogP contribution is -2.38. The topological polar surface area (TPSA) is 77.8 Å². The normalized spacial score (nSPS) is 12.3. The zero-order valence-corrected chi connectivity index (χ0v) is 10.7. The Hall–Kier alpha value is -1.11. The summed E-state index contributed by atoms with van der Waals surface area (Å²) in [4.78, 5) is 0.0275. The van der Waals surface area contributed by atoms with Gasteiger partial charge >= 0.3 is 0 Å². The number of phenols is 1. The quantitative estimate of drug-likeness (QED) is 0.819. The number of phenolic OH excluding ortho intramolecular Hbond substituents is 1. The summed E-state index contributed by atoms with van der Waals surface area (Å²) in [6.07, 6.45) is 0. The Bertz CT molecular complexity index is 470. The van der Waals surface area contributed by atoms with Crippen LogP contribution in [0.15, 0.2) is 29.2 Å². The molecule has 0 saturated heterocycles. The molecule has 0 bridgehead atoms. The fourth-order valence-electron chi connectivity index (χ4n) is 1.53. The van der Waals surface area contributed by atoms with Crippen LogP contribution in [-0.2, 0) is 10.0 Å². The second-order valence-corrected chi connectivity index (χ2v) is 5.82. The molecule has 0 aromatic heterocycles. The maximum absolute atomic E-state index is 12.2. The smallest absolute Gasteiger partial charge is 0.243 e. The van der Waals surface area contributed by atoms with Crippen LogP contribution < -0.4 is 0 Å². The SMILES string of the molecule is CC(C)N(CCO)S(=O)(=O)c1cccc(O)c1. The molecule has 0 amide bonds. The molecule has 1 rings (SSSR count). The summed E-state index contributed by atoms with van der Waals surface area (Å²) in [5.74, 6) is -0.0984. The molecule has 17 heavy (non-hydrogen) atoms. The highest BCUT2D eigenvalue weighted by atomic mass is 32.2. The first-order chi connectivity index (χ1) is 7.89. The van der Waals surface area contributed by atoms with Crippen molar-refractivity contribution in [3.8, 4) is 5.75 Å². The third-order valence-corrected chi connectivity index (χ3v) is 4.39. The van der Waals surface area contributed by atoms with Crippen LogP contribution in [0.25, 0.3) is 0 Å². The average molecular weight is 259 g/mol. The van der Waals surface area contributed by atoms with Crippen molar-refractivity contribution in [2.45, 2.75) is 24.8 Å².